The minimum Gasteiger partial charge on any atom is -0.381 e. The van der Waals surface area contributed by atoms with Crippen LogP contribution in [0.3, 0.4) is 0 Å². The number of amides is 1. The Morgan fingerprint density at radius 3 is 2.86 bits per heavy atom. The van der Waals surface area contributed by atoms with E-state index in [9.17, 15) is 4.79 Å². The number of halogens is 1. The van der Waals surface area contributed by atoms with Crippen molar-refractivity contribution in [1.29, 1.82) is 0 Å². The normalized spacial score (nSPS) is 19.1. The first-order valence-corrected chi connectivity index (χ1v) is 7.49. The van der Waals surface area contributed by atoms with Gasteiger partial charge in [0.25, 0.3) is 5.89 Å². The van der Waals surface area contributed by atoms with Gasteiger partial charge in [-0.15, -0.1) is 0 Å². The maximum atomic E-state index is 12.1. The Hall–Kier alpha value is -1.92. The van der Waals surface area contributed by atoms with Gasteiger partial charge < -0.3 is 14.6 Å². The SMILES string of the molecule is C[C@H](NC(=O)[C@@H]1CCOC1)c1noc(-c2ccc(Cl)cc2)n1. The van der Waals surface area contributed by atoms with Gasteiger partial charge in [0.2, 0.25) is 5.91 Å². The molecule has 1 aromatic heterocycles. The van der Waals surface area contributed by atoms with Crippen molar-refractivity contribution < 1.29 is 14.1 Å². The van der Waals surface area contributed by atoms with Crippen LogP contribution in [0.15, 0.2) is 28.8 Å². The zero-order chi connectivity index (χ0) is 15.5. The van der Waals surface area contributed by atoms with Crippen LogP contribution >= 0.6 is 11.6 Å². The quantitative estimate of drug-likeness (QED) is 0.936. The van der Waals surface area contributed by atoms with Gasteiger partial charge in [0.05, 0.1) is 18.6 Å². The summed E-state index contributed by atoms with van der Waals surface area (Å²) in [4.78, 5) is 16.4. The van der Waals surface area contributed by atoms with Gasteiger partial charge >= 0.3 is 0 Å². The van der Waals surface area contributed by atoms with E-state index in [1.807, 2.05) is 6.92 Å². The predicted molar refractivity (Wildman–Crippen MR) is 80.2 cm³/mol. The van der Waals surface area contributed by atoms with Gasteiger partial charge in [-0.2, -0.15) is 4.98 Å². The molecule has 1 aliphatic heterocycles. The van der Waals surface area contributed by atoms with Gasteiger partial charge in [0, 0.05) is 17.2 Å². The van der Waals surface area contributed by atoms with Gasteiger partial charge in [-0.1, -0.05) is 16.8 Å². The minimum absolute atomic E-state index is 0.0390. The summed E-state index contributed by atoms with van der Waals surface area (Å²) in [5, 5.41) is 7.46. The molecule has 0 saturated carbocycles. The largest absolute Gasteiger partial charge is 0.381 e. The van der Waals surface area contributed by atoms with Crippen molar-refractivity contribution in [2.45, 2.75) is 19.4 Å². The molecule has 1 saturated heterocycles. The average Bonchev–Trinajstić information content (AvgIpc) is 3.20. The number of aromatic nitrogens is 2. The van der Waals surface area contributed by atoms with Gasteiger partial charge in [-0.3, -0.25) is 4.79 Å². The van der Waals surface area contributed by atoms with Crippen LogP contribution in [0, 0.1) is 5.92 Å². The molecule has 1 fully saturated rings. The summed E-state index contributed by atoms with van der Waals surface area (Å²) in [5.74, 6) is 0.710. The minimum atomic E-state index is -0.321. The maximum absolute atomic E-state index is 12.1. The molecule has 1 aliphatic rings. The molecule has 1 amide bonds. The molecule has 0 radical (unpaired) electrons. The fourth-order valence-corrected chi connectivity index (χ4v) is 2.38. The van der Waals surface area contributed by atoms with Crippen LogP contribution < -0.4 is 5.32 Å². The molecule has 116 valence electrons. The van der Waals surface area contributed by atoms with Crippen molar-refractivity contribution in [3.8, 4) is 11.5 Å². The molecule has 22 heavy (non-hydrogen) atoms. The molecule has 2 heterocycles. The lowest BCUT2D eigenvalue weighted by atomic mass is 10.1. The molecule has 0 spiro atoms. The Labute approximate surface area is 132 Å². The molecule has 7 heteroatoms. The van der Waals surface area contributed by atoms with Crippen LogP contribution in [-0.2, 0) is 9.53 Å². The topological polar surface area (TPSA) is 77.2 Å². The molecule has 0 aliphatic carbocycles. The summed E-state index contributed by atoms with van der Waals surface area (Å²) in [7, 11) is 0. The fourth-order valence-electron chi connectivity index (χ4n) is 2.26. The van der Waals surface area contributed by atoms with E-state index in [1.54, 1.807) is 24.3 Å². The van der Waals surface area contributed by atoms with Crippen molar-refractivity contribution in [3.63, 3.8) is 0 Å². The van der Waals surface area contributed by atoms with E-state index in [0.29, 0.717) is 30.0 Å². The van der Waals surface area contributed by atoms with E-state index in [2.05, 4.69) is 15.5 Å². The third kappa shape index (κ3) is 3.28. The van der Waals surface area contributed by atoms with E-state index in [0.717, 1.165) is 12.0 Å². The third-order valence-corrected chi connectivity index (χ3v) is 3.83. The molecular formula is C15H16ClN3O3. The zero-order valence-corrected chi connectivity index (χ0v) is 12.8. The summed E-state index contributed by atoms with van der Waals surface area (Å²) in [6.07, 6.45) is 0.751. The number of carbonyl (C=O) groups is 1. The van der Waals surface area contributed by atoms with E-state index >= 15 is 0 Å². The third-order valence-electron chi connectivity index (χ3n) is 3.58. The van der Waals surface area contributed by atoms with Crippen LogP contribution in [0.2, 0.25) is 5.02 Å². The highest BCUT2D eigenvalue weighted by atomic mass is 35.5. The number of hydrogen-bond donors (Lipinski definition) is 1. The maximum Gasteiger partial charge on any atom is 0.257 e. The predicted octanol–water partition coefficient (Wildman–Crippen LogP) is 2.60. The number of hydrogen-bond acceptors (Lipinski definition) is 5. The molecule has 6 nitrogen and oxygen atoms in total. The fraction of sp³-hybridized carbons (Fsp3) is 0.400. The number of nitrogens with zero attached hydrogens (tertiary/aromatic N) is 2. The Morgan fingerprint density at radius 1 is 1.41 bits per heavy atom. The van der Waals surface area contributed by atoms with Crippen LogP contribution in [-0.4, -0.2) is 29.3 Å². The van der Waals surface area contributed by atoms with Gasteiger partial charge in [-0.05, 0) is 37.6 Å². The average molecular weight is 322 g/mol. The molecule has 1 N–H and O–H groups in total. The van der Waals surface area contributed by atoms with E-state index in [4.69, 9.17) is 20.9 Å². The van der Waals surface area contributed by atoms with E-state index in [1.165, 1.54) is 0 Å². The van der Waals surface area contributed by atoms with Gasteiger partial charge in [-0.25, -0.2) is 0 Å². The molecule has 0 bridgehead atoms. The number of ether oxygens (including phenoxy) is 1. The Balaban J connectivity index is 1.67. The smallest absolute Gasteiger partial charge is 0.257 e. The van der Waals surface area contributed by atoms with E-state index in [-0.39, 0.29) is 17.9 Å². The van der Waals surface area contributed by atoms with Crippen LogP contribution in [0.5, 0.6) is 0 Å². The van der Waals surface area contributed by atoms with Crippen LogP contribution in [0.25, 0.3) is 11.5 Å². The second-order valence-corrected chi connectivity index (χ2v) is 5.69. The van der Waals surface area contributed by atoms with Crippen LogP contribution in [0.4, 0.5) is 0 Å². The molecule has 3 rings (SSSR count). The first kappa shape index (κ1) is 15.0. The first-order chi connectivity index (χ1) is 10.6. The summed E-state index contributed by atoms with van der Waals surface area (Å²) in [6, 6.07) is 6.80. The molecule has 1 aromatic carbocycles. The summed E-state index contributed by atoms with van der Waals surface area (Å²) < 4.78 is 10.5. The number of rotatable bonds is 4. The Bertz CT molecular complexity index is 650. The van der Waals surface area contributed by atoms with Crippen molar-refractivity contribution in [2.24, 2.45) is 5.92 Å². The van der Waals surface area contributed by atoms with E-state index < -0.39 is 0 Å². The number of carbonyl (C=O) groups excluding carboxylic acids is 1. The lowest BCUT2D eigenvalue weighted by Gasteiger charge is -2.13. The van der Waals surface area contributed by atoms with Crippen molar-refractivity contribution in [3.05, 3.63) is 35.1 Å². The summed E-state index contributed by atoms with van der Waals surface area (Å²) in [6.45, 7) is 2.93. The standard InChI is InChI=1S/C15H16ClN3O3/c1-9(17-14(20)11-6-7-21-8-11)13-18-15(22-19-13)10-2-4-12(16)5-3-10/h2-5,9,11H,6-8H2,1H3,(H,17,20)/t9-,11+/m0/s1. The van der Waals surface area contributed by atoms with Crippen LogP contribution in [0.1, 0.15) is 25.2 Å². The molecule has 0 unspecified atom stereocenters. The summed E-state index contributed by atoms with van der Waals surface area (Å²) >= 11 is 5.85. The Morgan fingerprint density at radius 2 is 2.18 bits per heavy atom. The zero-order valence-electron chi connectivity index (χ0n) is 12.1. The number of benzene rings is 1. The molecular weight excluding hydrogens is 306 g/mol. The monoisotopic (exact) mass is 321 g/mol. The van der Waals surface area contributed by atoms with Crippen molar-refractivity contribution in [1.82, 2.24) is 15.5 Å². The number of nitrogens with one attached hydrogen (secondary N) is 1. The van der Waals surface area contributed by atoms with Gasteiger partial charge in [0.1, 0.15) is 0 Å². The lowest BCUT2D eigenvalue weighted by molar-refractivity contribution is -0.125. The van der Waals surface area contributed by atoms with Crippen molar-refractivity contribution >= 4 is 17.5 Å². The highest BCUT2D eigenvalue weighted by Gasteiger charge is 2.26. The highest BCUT2D eigenvalue weighted by molar-refractivity contribution is 6.30. The second kappa shape index (κ2) is 6.46. The lowest BCUT2D eigenvalue weighted by Crippen LogP contribution is -2.33. The summed E-state index contributed by atoms with van der Waals surface area (Å²) in [5.41, 5.74) is 0.783. The molecule has 2 atom stereocenters. The first-order valence-electron chi connectivity index (χ1n) is 7.11. The second-order valence-electron chi connectivity index (χ2n) is 5.26. The molecule has 2 aromatic rings. The van der Waals surface area contributed by atoms with Gasteiger partial charge in [0.15, 0.2) is 5.82 Å². The Kier molecular flexibility index (Phi) is 4.40. The van der Waals surface area contributed by atoms with Crippen molar-refractivity contribution in [2.75, 3.05) is 13.2 Å². The highest BCUT2D eigenvalue weighted by Crippen LogP contribution is 2.22.